The molecule has 47 heavy (non-hydrogen) atoms. The van der Waals surface area contributed by atoms with Crippen LogP contribution in [-0.4, -0.2) is 37.5 Å². The zero-order valence-corrected chi connectivity index (χ0v) is 29.2. The molecule has 0 fully saturated rings. The maximum Gasteiger partial charge on any atom is 0.337 e. The molecule has 1 aliphatic heterocycles. The number of rotatable bonds is 12. The van der Waals surface area contributed by atoms with E-state index in [4.69, 9.17) is 23.7 Å². The number of carbonyl (C=O) groups excluding carboxylic acids is 1. The van der Waals surface area contributed by atoms with Crippen molar-refractivity contribution >= 4 is 46.0 Å². The van der Waals surface area contributed by atoms with Crippen molar-refractivity contribution in [3.05, 3.63) is 112 Å². The molecule has 0 bridgehead atoms. The zero-order valence-electron chi connectivity index (χ0n) is 26.2. The van der Waals surface area contributed by atoms with Crippen molar-refractivity contribution in [2.24, 2.45) is 4.99 Å². The van der Waals surface area contributed by atoms with Gasteiger partial charge in [0.2, 0.25) is 0 Å². The Kier molecular flexibility index (Phi) is 11.0. The van der Waals surface area contributed by atoms with E-state index in [1.54, 1.807) is 24.3 Å². The van der Waals surface area contributed by atoms with Gasteiger partial charge in [0, 0.05) is 11.8 Å². The molecule has 0 saturated heterocycles. The van der Waals surface area contributed by atoms with Crippen LogP contribution in [0.1, 0.15) is 49.1 Å². The Bertz CT molecular complexity index is 2060. The van der Waals surface area contributed by atoms with Gasteiger partial charge in [0.15, 0.2) is 27.8 Å². The summed E-state index contributed by atoms with van der Waals surface area (Å²) in [6, 6.07) is 17.7. The summed E-state index contributed by atoms with van der Waals surface area (Å²) >= 11 is 3.39. The normalized spacial score (nSPS) is 13.9. The van der Waals surface area contributed by atoms with Crippen molar-refractivity contribution < 1.29 is 28.5 Å². The van der Waals surface area contributed by atoms with E-state index < -0.39 is 12.0 Å². The highest BCUT2D eigenvalue weighted by Crippen LogP contribution is 2.36. The van der Waals surface area contributed by atoms with Crippen LogP contribution in [0, 0.1) is 14.9 Å². The molecule has 4 aromatic rings. The average Bonchev–Trinajstić information content (AvgIpc) is 3.39. The number of esters is 1. The molecule has 1 aliphatic rings. The summed E-state index contributed by atoms with van der Waals surface area (Å²) in [6.07, 6.45) is 3.22. The molecule has 3 aromatic carbocycles. The van der Waals surface area contributed by atoms with Crippen LogP contribution in [0.4, 0.5) is 0 Å². The highest BCUT2D eigenvalue weighted by Gasteiger charge is 2.31. The lowest BCUT2D eigenvalue weighted by Crippen LogP contribution is -2.39. The highest BCUT2D eigenvalue weighted by atomic mass is 127. The third kappa shape index (κ3) is 7.21. The van der Waals surface area contributed by atoms with Gasteiger partial charge in [-0.3, -0.25) is 9.36 Å². The first-order valence-electron chi connectivity index (χ1n) is 14.9. The number of ether oxygens (including phenoxy) is 5. The fraction of sp³-hybridized carbons (Fsp3) is 0.257. The Labute approximate surface area is 289 Å². The summed E-state index contributed by atoms with van der Waals surface area (Å²) in [7, 11) is 1.29. The highest BCUT2D eigenvalue weighted by molar-refractivity contribution is 14.1. The first-order valence-corrected chi connectivity index (χ1v) is 16.8. The van der Waals surface area contributed by atoms with Gasteiger partial charge in [0.05, 0.1) is 58.3 Å². The van der Waals surface area contributed by atoms with E-state index >= 15 is 0 Å². The second-order valence-electron chi connectivity index (χ2n) is 10.1. The fourth-order valence-corrected chi connectivity index (χ4v) is 6.87. The number of thiazole rings is 1. The van der Waals surface area contributed by atoms with Gasteiger partial charge in [-0.05, 0) is 90.9 Å². The van der Waals surface area contributed by atoms with Crippen molar-refractivity contribution in [1.82, 2.24) is 4.57 Å². The quantitative estimate of drug-likeness (QED) is 0.141. The van der Waals surface area contributed by atoms with E-state index in [9.17, 15) is 14.9 Å². The summed E-state index contributed by atoms with van der Waals surface area (Å²) in [5.74, 6) is 1.53. The second-order valence-corrected chi connectivity index (χ2v) is 12.2. The van der Waals surface area contributed by atoms with Gasteiger partial charge in [-0.2, -0.15) is 5.26 Å². The molecule has 10 nitrogen and oxygen atoms in total. The third-order valence-electron chi connectivity index (χ3n) is 7.15. The molecule has 1 atom stereocenters. The van der Waals surface area contributed by atoms with Crippen LogP contribution in [0.5, 0.6) is 23.0 Å². The number of hydrogen-bond acceptors (Lipinski definition) is 10. The third-order valence-corrected chi connectivity index (χ3v) is 8.95. The lowest BCUT2D eigenvalue weighted by atomic mass is 9.97. The Morgan fingerprint density at radius 3 is 2.45 bits per heavy atom. The van der Waals surface area contributed by atoms with Gasteiger partial charge in [-0.25, -0.2) is 9.79 Å². The molecule has 12 heteroatoms. The molecule has 0 amide bonds. The van der Waals surface area contributed by atoms with E-state index in [0.717, 1.165) is 14.7 Å². The standard InChI is InChI=1S/C35H32IN3O7S/c1-5-43-27-13-12-22(17-28(27)44-6-2)31-25(34(41)42-4)19-38-35-39(31)33(40)30(47-35)16-21-14-26(36)32(29(15-21)45-7-3)46-20-24-11-9-8-10-23(24)18-37/h8-17,19,31H,5-7,20H2,1-4H3/b30-16-/t31-/m0/s1. The molecule has 0 aliphatic carbocycles. The minimum atomic E-state index is -0.804. The predicted molar refractivity (Wildman–Crippen MR) is 186 cm³/mol. The lowest BCUT2D eigenvalue weighted by Gasteiger charge is -2.23. The van der Waals surface area contributed by atoms with Gasteiger partial charge in [0.25, 0.3) is 5.56 Å². The molecule has 0 N–H and O–H groups in total. The molecular weight excluding hydrogens is 733 g/mol. The maximum atomic E-state index is 14.1. The first kappa shape index (κ1) is 33.7. The lowest BCUT2D eigenvalue weighted by molar-refractivity contribution is -0.136. The summed E-state index contributed by atoms with van der Waals surface area (Å²) in [6.45, 7) is 7.08. The minimum Gasteiger partial charge on any atom is -0.490 e. The number of fused-ring (bicyclic) bond motifs is 1. The Balaban J connectivity index is 1.58. The van der Waals surface area contributed by atoms with Gasteiger partial charge >= 0.3 is 5.97 Å². The van der Waals surface area contributed by atoms with Gasteiger partial charge in [-0.15, -0.1) is 0 Å². The number of halogens is 1. The Morgan fingerprint density at radius 2 is 1.72 bits per heavy atom. The fourth-order valence-electron chi connectivity index (χ4n) is 5.12. The van der Waals surface area contributed by atoms with E-state index in [2.05, 4.69) is 33.7 Å². The summed E-state index contributed by atoms with van der Waals surface area (Å²) in [5, 5.41) is 9.46. The maximum absolute atomic E-state index is 14.1. The van der Waals surface area contributed by atoms with Crippen LogP contribution < -0.4 is 33.8 Å². The van der Waals surface area contributed by atoms with Gasteiger partial charge in [0.1, 0.15) is 6.61 Å². The average molecular weight is 766 g/mol. The van der Waals surface area contributed by atoms with Crippen molar-refractivity contribution in [2.45, 2.75) is 33.4 Å². The van der Waals surface area contributed by atoms with Crippen molar-refractivity contribution in [3.8, 4) is 29.1 Å². The molecular formula is C35H32IN3O7S. The van der Waals surface area contributed by atoms with E-state index in [1.807, 2.05) is 57.2 Å². The largest absolute Gasteiger partial charge is 0.490 e. The molecule has 5 rings (SSSR count). The van der Waals surface area contributed by atoms with Crippen molar-refractivity contribution in [3.63, 3.8) is 0 Å². The zero-order chi connectivity index (χ0) is 33.5. The summed E-state index contributed by atoms with van der Waals surface area (Å²) < 4.78 is 31.4. The number of carbonyl (C=O) groups is 1. The number of hydrogen-bond donors (Lipinski definition) is 0. The minimum absolute atomic E-state index is 0.191. The topological polar surface area (TPSA) is 121 Å². The molecule has 0 spiro atoms. The number of nitrogens with zero attached hydrogens (tertiary/aromatic N) is 3. The number of methoxy groups -OCH3 is 1. The van der Waals surface area contributed by atoms with Crippen LogP contribution >= 0.6 is 33.9 Å². The summed E-state index contributed by atoms with van der Waals surface area (Å²) in [4.78, 5) is 31.9. The van der Waals surface area contributed by atoms with Crippen LogP contribution in [0.2, 0.25) is 0 Å². The monoisotopic (exact) mass is 765 g/mol. The number of aromatic nitrogens is 1. The predicted octanol–water partition coefficient (Wildman–Crippen LogP) is 5.27. The molecule has 0 saturated carbocycles. The second kappa shape index (κ2) is 15.3. The molecule has 242 valence electrons. The smallest absolute Gasteiger partial charge is 0.337 e. The molecule has 0 unspecified atom stereocenters. The van der Waals surface area contributed by atoms with Gasteiger partial charge < -0.3 is 23.7 Å². The van der Waals surface area contributed by atoms with Crippen molar-refractivity contribution in [2.75, 3.05) is 26.9 Å². The molecule has 2 heterocycles. The van der Waals surface area contributed by atoms with E-state index in [1.165, 1.54) is 29.2 Å². The number of benzene rings is 3. The first-order chi connectivity index (χ1) is 22.8. The van der Waals surface area contributed by atoms with Crippen molar-refractivity contribution in [1.29, 1.82) is 5.26 Å². The van der Waals surface area contributed by atoms with Crippen LogP contribution in [0.15, 0.2) is 76.2 Å². The van der Waals surface area contributed by atoms with Crippen LogP contribution in [0.25, 0.3) is 6.08 Å². The van der Waals surface area contributed by atoms with Crippen LogP contribution in [-0.2, 0) is 16.1 Å². The molecule has 1 aromatic heterocycles. The Hall–Kier alpha value is -4.61. The summed E-state index contributed by atoms with van der Waals surface area (Å²) in [5.41, 5.74) is 2.56. The number of nitriles is 1. The van der Waals surface area contributed by atoms with Gasteiger partial charge in [-0.1, -0.05) is 35.6 Å². The van der Waals surface area contributed by atoms with E-state index in [-0.39, 0.29) is 17.7 Å². The molecule has 0 radical (unpaired) electrons. The van der Waals surface area contributed by atoms with Crippen LogP contribution in [0.3, 0.4) is 0 Å². The van der Waals surface area contributed by atoms with E-state index in [0.29, 0.717) is 63.3 Å². The SMILES string of the molecule is CCOc1ccc([C@H]2C(C(=O)OC)=CN=c3s/c(=C\c4cc(I)c(OCc5ccccc5C#N)c(OCC)c4)c(=O)n32)cc1OCC. The Morgan fingerprint density at radius 1 is 1.00 bits per heavy atom.